The highest BCUT2D eigenvalue weighted by Crippen LogP contribution is 2.40. The normalized spacial score (nSPS) is 12.6. The number of benzene rings is 1. The summed E-state index contributed by atoms with van der Waals surface area (Å²) in [6, 6.07) is 7.89. The van der Waals surface area contributed by atoms with Gasteiger partial charge in [-0.15, -0.1) is 21.0 Å². The van der Waals surface area contributed by atoms with Crippen LogP contribution in [0.25, 0.3) is 0 Å². The number of aryl methyl sites for hydroxylation is 1. The van der Waals surface area contributed by atoms with Crippen LogP contribution in [0.3, 0.4) is 0 Å². The maximum absolute atomic E-state index is 11.0. The van der Waals surface area contributed by atoms with Crippen LogP contribution in [0.2, 0.25) is 0 Å². The molecule has 1 aromatic rings. The molecule has 0 heterocycles. The van der Waals surface area contributed by atoms with Gasteiger partial charge in [0.1, 0.15) is 0 Å². The van der Waals surface area contributed by atoms with Gasteiger partial charge in [0.2, 0.25) is 0 Å². The molecule has 3 nitrogen and oxygen atoms in total. The smallest absolute Gasteiger partial charge is 0.133 e. The van der Waals surface area contributed by atoms with E-state index in [4.69, 9.17) is 21.0 Å². The molecule has 0 fully saturated rings. The average molecular weight is 290 g/mol. The lowest BCUT2D eigenvalue weighted by Crippen LogP contribution is -2.25. The van der Waals surface area contributed by atoms with Gasteiger partial charge in [-0.2, -0.15) is 0 Å². The molecular formula is C13H19ClO3P+. The van der Waals surface area contributed by atoms with Crippen LogP contribution in [0.4, 0.5) is 0 Å². The molecule has 1 atom stereocenters. The second-order valence-electron chi connectivity index (χ2n) is 4.17. The lowest BCUT2D eigenvalue weighted by molar-refractivity contribution is 0.0536. The summed E-state index contributed by atoms with van der Waals surface area (Å²) in [6.45, 7) is 3.91. The number of rotatable bonds is 7. The molecule has 1 unspecified atom stereocenters. The van der Waals surface area contributed by atoms with E-state index in [-0.39, 0.29) is 0 Å². The molecule has 5 heteroatoms. The lowest BCUT2D eigenvalue weighted by Gasteiger charge is -2.25. The summed E-state index contributed by atoms with van der Waals surface area (Å²) in [4.78, 5) is 9.02. The maximum atomic E-state index is 11.0. The summed E-state index contributed by atoms with van der Waals surface area (Å²) in [5.74, 6) is 0.588. The average Bonchev–Trinajstić information content (AvgIpc) is 2.37. The lowest BCUT2D eigenvalue weighted by atomic mass is 9.88. The van der Waals surface area contributed by atoms with E-state index < -0.39 is 13.9 Å². The highest BCUT2D eigenvalue weighted by molar-refractivity contribution is 7.32. The van der Waals surface area contributed by atoms with Gasteiger partial charge in [-0.05, 0) is 30.4 Å². The number of halogens is 1. The zero-order valence-corrected chi connectivity index (χ0v) is 12.4. The predicted molar refractivity (Wildman–Crippen MR) is 74.0 cm³/mol. The maximum Gasteiger partial charge on any atom is 0.695 e. The van der Waals surface area contributed by atoms with E-state index in [2.05, 4.69) is 0 Å². The van der Waals surface area contributed by atoms with E-state index in [0.29, 0.717) is 18.7 Å². The first-order chi connectivity index (χ1) is 8.57. The van der Waals surface area contributed by atoms with Gasteiger partial charge in [-0.25, -0.2) is 0 Å². The van der Waals surface area contributed by atoms with Crippen LogP contribution in [0.15, 0.2) is 24.3 Å². The second kappa shape index (κ2) is 7.20. The van der Waals surface area contributed by atoms with Gasteiger partial charge in [-0.3, -0.25) is 0 Å². The molecular weight excluding hydrogens is 271 g/mol. The fourth-order valence-corrected chi connectivity index (χ4v) is 2.95. The largest absolute Gasteiger partial charge is 0.695 e. The molecule has 1 N–H and O–H groups in total. The molecule has 0 aliphatic heterocycles. The van der Waals surface area contributed by atoms with Crippen LogP contribution in [0, 0.1) is 0 Å². The van der Waals surface area contributed by atoms with Crippen molar-refractivity contribution < 1.29 is 14.0 Å². The first-order valence-electron chi connectivity index (χ1n) is 6.08. The summed E-state index contributed by atoms with van der Waals surface area (Å²) in [7, 11) is -2.61. The fourth-order valence-electron chi connectivity index (χ4n) is 2.07. The van der Waals surface area contributed by atoms with Gasteiger partial charge in [-0.1, -0.05) is 38.1 Å². The topological polar surface area (TPSA) is 46.5 Å². The van der Waals surface area contributed by atoms with Crippen molar-refractivity contribution in [2.24, 2.45) is 0 Å². The summed E-state index contributed by atoms with van der Waals surface area (Å²) in [5, 5.41) is 0. The van der Waals surface area contributed by atoms with E-state index in [0.717, 1.165) is 17.5 Å². The Morgan fingerprint density at radius 2 is 1.83 bits per heavy atom. The van der Waals surface area contributed by atoms with Gasteiger partial charge in [0.15, 0.2) is 5.60 Å². The quantitative estimate of drug-likeness (QED) is 0.606. The van der Waals surface area contributed by atoms with Crippen LogP contribution in [0.1, 0.15) is 37.8 Å². The standard InChI is InChI=1S/C13H18ClO3P/c1-3-13(4-2,17-18(15)16)12-7-5-11(6-8-12)9-10-14/h5-8H,3-4,9-10H2,1-2H3/p+1. The van der Waals surface area contributed by atoms with Crippen LogP contribution in [-0.4, -0.2) is 10.8 Å². The Hall–Kier alpha value is -0.470. The monoisotopic (exact) mass is 289 g/mol. The Labute approximate surface area is 114 Å². The molecule has 0 spiro atoms. The minimum absolute atomic E-state index is 0.588. The summed E-state index contributed by atoms with van der Waals surface area (Å²) in [6.07, 6.45) is 2.13. The molecule has 0 aliphatic carbocycles. The fraction of sp³-hybridized carbons (Fsp3) is 0.538. The Morgan fingerprint density at radius 3 is 2.22 bits per heavy atom. The van der Waals surface area contributed by atoms with Crippen molar-refractivity contribution >= 4 is 19.9 Å². The zero-order chi connectivity index (χ0) is 13.6. The molecule has 0 aliphatic rings. The minimum Gasteiger partial charge on any atom is -0.133 e. The van der Waals surface area contributed by atoms with Crippen LogP contribution in [0.5, 0.6) is 0 Å². The first kappa shape index (κ1) is 15.6. The zero-order valence-electron chi connectivity index (χ0n) is 10.7. The summed E-state index contributed by atoms with van der Waals surface area (Å²) in [5.41, 5.74) is 1.41. The van der Waals surface area contributed by atoms with E-state index in [1.807, 2.05) is 38.1 Å². The van der Waals surface area contributed by atoms with Crippen molar-refractivity contribution in [3.63, 3.8) is 0 Å². The van der Waals surface area contributed by atoms with E-state index in [1.165, 1.54) is 0 Å². The molecule has 100 valence electrons. The third-order valence-electron chi connectivity index (χ3n) is 3.26. The summed E-state index contributed by atoms with van der Waals surface area (Å²) < 4.78 is 16.2. The Bertz CT molecular complexity index is 388. The predicted octanol–water partition coefficient (Wildman–Crippen LogP) is 4.15. The number of hydrogen-bond acceptors (Lipinski definition) is 2. The molecule has 0 bridgehead atoms. The van der Waals surface area contributed by atoms with Gasteiger partial charge < -0.3 is 0 Å². The van der Waals surface area contributed by atoms with Crippen LogP contribution >= 0.6 is 19.9 Å². The van der Waals surface area contributed by atoms with Gasteiger partial charge in [0, 0.05) is 10.4 Å². The SMILES string of the molecule is CCC(CC)(O[P+](=O)O)c1ccc(CCCl)cc1. The molecule has 0 amide bonds. The molecule has 0 saturated carbocycles. The molecule has 0 aromatic heterocycles. The Morgan fingerprint density at radius 1 is 1.28 bits per heavy atom. The van der Waals surface area contributed by atoms with Crippen molar-refractivity contribution in [3.05, 3.63) is 35.4 Å². The van der Waals surface area contributed by atoms with Gasteiger partial charge >= 0.3 is 8.25 Å². The van der Waals surface area contributed by atoms with Crippen molar-refractivity contribution in [3.8, 4) is 0 Å². The van der Waals surface area contributed by atoms with Crippen LogP contribution in [-0.2, 0) is 21.1 Å². The third kappa shape index (κ3) is 3.76. The number of hydrogen-bond donors (Lipinski definition) is 1. The van der Waals surface area contributed by atoms with E-state index in [9.17, 15) is 4.57 Å². The molecule has 1 rings (SSSR count). The highest BCUT2D eigenvalue weighted by atomic mass is 35.5. The van der Waals surface area contributed by atoms with E-state index in [1.54, 1.807) is 0 Å². The molecule has 0 radical (unpaired) electrons. The minimum atomic E-state index is -2.61. The Balaban J connectivity index is 3.01. The molecule has 1 aromatic carbocycles. The van der Waals surface area contributed by atoms with Gasteiger partial charge in [0.25, 0.3) is 0 Å². The van der Waals surface area contributed by atoms with Gasteiger partial charge in [0.05, 0.1) is 0 Å². The molecule has 18 heavy (non-hydrogen) atoms. The summed E-state index contributed by atoms with van der Waals surface area (Å²) >= 11 is 5.69. The Kier molecular flexibility index (Phi) is 6.24. The highest BCUT2D eigenvalue weighted by Gasteiger charge is 2.38. The van der Waals surface area contributed by atoms with Crippen molar-refractivity contribution in [2.75, 3.05) is 5.88 Å². The van der Waals surface area contributed by atoms with Crippen LogP contribution < -0.4 is 0 Å². The second-order valence-corrected chi connectivity index (χ2v) is 5.20. The first-order valence-corrected chi connectivity index (χ1v) is 7.75. The third-order valence-corrected chi connectivity index (χ3v) is 3.95. The molecule has 0 saturated heterocycles. The number of alkyl halides is 1. The van der Waals surface area contributed by atoms with Crippen molar-refractivity contribution in [1.82, 2.24) is 0 Å². The van der Waals surface area contributed by atoms with E-state index >= 15 is 0 Å². The van der Waals surface area contributed by atoms with Crippen molar-refractivity contribution in [2.45, 2.75) is 38.7 Å². The van der Waals surface area contributed by atoms with Crippen molar-refractivity contribution in [1.29, 1.82) is 0 Å².